The number of nitrogens with zero attached hydrogens (tertiary/aromatic N) is 2. The van der Waals surface area contributed by atoms with Gasteiger partial charge in [-0.2, -0.15) is 0 Å². The van der Waals surface area contributed by atoms with Crippen molar-refractivity contribution in [3.63, 3.8) is 0 Å². The predicted molar refractivity (Wildman–Crippen MR) is 74.6 cm³/mol. The number of nitrogens with one attached hydrogen (secondary N) is 1. The maximum Gasteiger partial charge on any atom is 0.260 e. The number of aromatic amines is 1. The van der Waals surface area contributed by atoms with Crippen molar-refractivity contribution in [2.45, 2.75) is 6.42 Å². The average molecular weight is 259 g/mol. The summed E-state index contributed by atoms with van der Waals surface area (Å²) in [6.45, 7) is 2.48. The number of aromatic nitrogens is 2. The third kappa shape index (κ3) is 2.46. The average Bonchev–Trinajstić information content (AvgIpc) is 2.91. The van der Waals surface area contributed by atoms with E-state index in [1.807, 2.05) is 30.1 Å². The molecule has 1 atom stereocenters. The van der Waals surface area contributed by atoms with Gasteiger partial charge in [-0.25, -0.2) is 4.98 Å². The number of ether oxygens (including phenoxy) is 1. The van der Waals surface area contributed by atoms with Gasteiger partial charge in [0.05, 0.1) is 17.5 Å². The molecule has 1 aliphatic heterocycles. The zero-order valence-electron chi connectivity index (χ0n) is 10.9. The third-order valence-corrected chi connectivity index (χ3v) is 3.52. The first kappa shape index (κ1) is 12.2. The van der Waals surface area contributed by atoms with Gasteiger partial charge in [-0.05, 0) is 18.6 Å². The van der Waals surface area contributed by atoms with Crippen molar-refractivity contribution in [2.75, 3.05) is 31.7 Å². The fourth-order valence-electron chi connectivity index (χ4n) is 2.46. The predicted octanol–water partition coefficient (Wildman–Crippen LogP) is 1.40. The number of anilines is 1. The van der Waals surface area contributed by atoms with Gasteiger partial charge in [0.25, 0.3) is 5.56 Å². The first-order valence-corrected chi connectivity index (χ1v) is 6.52. The topological polar surface area (TPSA) is 58.2 Å². The van der Waals surface area contributed by atoms with Crippen LogP contribution in [-0.2, 0) is 4.74 Å². The van der Waals surface area contributed by atoms with E-state index in [0.29, 0.717) is 17.3 Å². The highest BCUT2D eigenvalue weighted by Gasteiger charge is 2.18. The minimum Gasteiger partial charge on any atom is -0.381 e. The maximum atomic E-state index is 12.0. The molecule has 100 valence electrons. The molecule has 2 aromatic rings. The van der Waals surface area contributed by atoms with Crippen LogP contribution in [0.4, 0.5) is 5.95 Å². The highest BCUT2D eigenvalue weighted by Crippen LogP contribution is 2.16. The fraction of sp³-hybridized carbons (Fsp3) is 0.429. The number of H-pyrrole nitrogens is 1. The minimum absolute atomic E-state index is 0.0879. The monoisotopic (exact) mass is 259 g/mol. The molecule has 3 rings (SSSR count). The molecule has 1 saturated heterocycles. The normalized spacial score (nSPS) is 18.9. The van der Waals surface area contributed by atoms with Gasteiger partial charge in [-0.3, -0.25) is 9.78 Å². The minimum atomic E-state index is -0.0879. The van der Waals surface area contributed by atoms with Crippen LogP contribution in [0.25, 0.3) is 10.9 Å². The van der Waals surface area contributed by atoms with Gasteiger partial charge < -0.3 is 9.64 Å². The Hall–Kier alpha value is -1.88. The number of hydrogen-bond donors (Lipinski definition) is 1. The van der Waals surface area contributed by atoms with E-state index in [-0.39, 0.29) is 5.56 Å². The zero-order valence-corrected chi connectivity index (χ0v) is 10.9. The molecule has 0 saturated carbocycles. The molecule has 5 heteroatoms. The summed E-state index contributed by atoms with van der Waals surface area (Å²) in [4.78, 5) is 21.3. The van der Waals surface area contributed by atoms with Gasteiger partial charge in [0.1, 0.15) is 0 Å². The molecule has 1 N–H and O–H groups in total. The van der Waals surface area contributed by atoms with Crippen molar-refractivity contribution >= 4 is 16.9 Å². The molecule has 1 fully saturated rings. The Morgan fingerprint density at radius 2 is 2.32 bits per heavy atom. The van der Waals surface area contributed by atoms with Gasteiger partial charge >= 0.3 is 0 Å². The van der Waals surface area contributed by atoms with Crippen LogP contribution < -0.4 is 10.5 Å². The first-order chi connectivity index (χ1) is 9.24. The van der Waals surface area contributed by atoms with Gasteiger partial charge in [-0.15, -0.1) is 0 Å². The summed E-state index contributed by atoms with van der Waals surface area (Å²) in [6.07, 6.45) is 1.07. The van der Waals surface area contributed by atoms with E-state index >= 15 is 0 Å². The van der Waals surface area contributed by atoms with E-state index in [1.165, 1.54) is 0 Å². The Labute approximate surface area is 111 Å². The second kappa shape index (κ2) is 5.01. The van der Waals surface area contributed by atoms with Gasteiger partial charge in [0.15, 0.2) is 0 Å². The van der Waals surface area contributed by atoms with Crippen LogP contribution in [0.15, 0.2) is 29.1 Å². The molecule has 0 bridgehead atoms. The van der Waals surface area contributed by atoms with Crippen LogP contribution in [0.1, 0.15) is 6.42 Å². The van der Waals surface area contributed by atoms with E-state index in [1.54, 1.807) is 6.07 Å². The van der Waals surface area contributed by atoms with E-state index < -0.39 is 0 Å². The molecule has 0 radical (unpaired) electrons. The van der Waals surface area contributed by atoms with Crippen molar-refractivity contribution in [3.05, 3.63) is 34.6 Å². The summed E-state index contributed by atoms with van der Waals surface area (Å²) in [5.41, 5.74) is 0.644. The van der Waals surface area contributed by atoms with Crippen molar-refractivity contribution in [2.24, 2.45) is 5.92 Å². The first-order valence-electron chi connectivity index (χ1n) is 6.52. The number of hydrogen-bond acceptors (Lipinski definition) is 4. The summed E-state index contributed by atoms with van der Waals surface area (Å²) < 4.78 is 5.37. The number of benzene rings is 1. The number of para-hydroxylation sites is 1. The second-order valence-corrected chi connectivity index (χ2v) is 5.02. The molecule has 19 heavy (non-hydrogen) atoms. The highest BCUT2D eigenvalue weighted by molar-refractivity contribution is 5.78. The summed E-state index contributed by atoms with van der Waals surface area (Å²) in [5, 5.41) is 0.629. The molecular weight excluding hydrogens is 242 g/mol. The fourth-order valence-corrected chi connectivity index (χ4v) is 2.46. The molecule has 1 aliphatic rings. The smallest absolute Gasteiger partial charge is 0.260 e. The van der Waals surface area contributed by atoms with Crippen LogP contribution in [0.5, 0.6) is 0 Å². The Balaban J connectivity index is 1.89. The summed E-state index contributed by atoms with van der Waals surface area (Å²) in [7, 11) is 1.95. The molecule has 1 aromatic carbocycles. The Bertz CT molecular complexity index is 632. The third-order valence-electron chi connectivity index (χ3n) is 3.52. The summed E-state index contributed by atoms with van der Waals surface area (Å²) in [6, 6.07) is 7.39. The van der Waals surface area contributed by atoms with E-state index in [0.717, 1.165) is 31.7 Å². The molecule has 2 heterocycles. The maximum absolute atomic E-state index is 12.0. The van der Waals surface area contributed by atoms with Crippen molar-refractivity contribution in [1.29, 1.82) is 0 Å². The van der Waals surface area contributed by atoms with Crippen molar-refractivity contribution in [3.8, 4) is 0 Å². The Kier molecular flexibility index (Phi) is 3.21. The highest BCUT2D eigenvalue weighted by atomic mass is 16.5. The molecule has 0 spiro atoms. The molecule has 0 amide bonds. The Morgan fingerprint density at radius 1 is 1.47 bits per heavy atom. The Morgan fingerprint density at radius 3 is 3.11 bits per heavy atom. The van der Waals surface area contributed by atoms with Crippen LogP contribution in [-0.4, -0.2) is 36.8 Å². The number of fused-ring (bicyclic) bond motifs is 1. The van der Waals surface area contributed by atoms with Gasteiger partial charge in [0.2, 0.25) is 5.95 Å². The molecule has 5 nitrogen and oxygen atoms in total. The lowest BCUT2D eigenvalue weighted by atomic mass is 10.1. The van der Waals surface area contributed by atoms with E-state index in [2.05, 4.69) is 9.97 Å². The SMILES string of the molecule is CN(C[C@@H]1CCOC1)c1nc2ccccc2c(=O)[nH]1. The largest absolute Gasteiger partial charge is 0.381 e. The molecule has 1 aromatic heterocycles. The van der Waals surface area contributed by atoms with E-state index in [4.69, 9.17) is 4.74 Å². The lowest BCUT2D eigenvalue weighted by Crippen LogP contribution is -2.29. The second-order valence-electron chi connectivity index (χ2n) is 5.02. The van der Waals surface area contributed by atoms with Crippen molar-refractivity contribution in [1.82, 2.24) is 9.97 Å². The standard InChI is InChI=1S/C14H17N3O2/c1-17(8-10-6-7-19-9-10)14-15-12-5-3-2-4-11(12)13(18)16-14/h2-5,10H,6-9H2,1H3,(H,15,16,18)/t10-/m0/s1. The van der Waals surface area contributed by atoms with Gasteiger partial charge in [0, 0.05) is 26.1 Å². The lowest BCUT2D eigenvalue weighted by Gasteiger charge is -2.20. The van der Waals surface area contributed by atoms with Gasteiger partial charge in [-0.1, -0.05) is 12.1 Å². The van der Waals surface area contributed by atoms with Crippen LogP contribution >= 0.6 is 0 Å². The summed E-state index contributed by atoms with van der Waals surface area (Å²) in [5.74, 6) is 1.14. The van der Waals surface area contributed by atoms with Crippen LogP contribution in [0.3, 0.4) is 0 Å². The molecule has 0 unspecified atom stereocenters. The summed E-state index contributed by atoms with van der Waals surface area (Å²) >= 11 is 0. The molecular formula is C14H17N3O2. The number of rotatable bonds is 3. The van der Waals surface area contributed by atoms with Crippen LogP contribution in [0, 0.1) is 5.92 Å². The van der Waals surface area contributed by atoms with Crippen molar-refractivity contribution < 1.29 is 4.74 Å². The lowest BCUT2D eigenvalue weighted by molar-refractivity contribution is 0.186. The van der Waals surface area contributed by atoms with Crippen LogP contribution in [0.2, 0.25) is 0 Å². The van der Waals surface area contributed by atoms with E-state index in [9.17, 15) is 4.79 Å². The zero-order chi connectivity index (χ0) is 13.2. The molecule has 0 aliphatic carbocycles. The quantitative estimate of drug-likeness (QED) is 0.905.